The van der Waals surface area contributed by atoms with Crippen molar-refractivity contribution in [1.29, 1.82) is 0 Å². The Morgan fingerprint density at radius 2 is 2.07 bits per heavy atom. The van der Waals surface area contributed by atoms with E-state index < -0.39 is 0 Å². The second kappa shape index (κ2) is 5.11. The lowest BCUT2D eigenvalue weighted by Gasteiger charge is -2.07. The van der Waals surface area contributed by atoms with Gasteiger partial charge in [-0.2, -0.15) is 0 Å². The molecular weight excluding hydrogens is 178 g/mol. The fourth-order valence-electron chi connectivity index (χ4n) is 1.11. The Morgan fingerprint density at radius 1 is 1.36 bits per heavy atom. The van der Waals surface area contributed by atoms with Crippen molar-refractivity contribution in [2.45, 2.75) is 13.5 Å². The Kier molecular flexibility index (Phi) is 3.79. The van der Waals surface area contributed by atoms with E-state index in [0.717, 1.165) is 11.3 Å². The van der Waals surface area contributed by atoms with Gasteiger partial charge in [0, 0.05) is 5.56 Å². The second-order valence-corrected chi connectivity index (χ2v) is 2.78. The van der Waals surface area contributed by atoms with Crippen LogP contribution in [0.5, 0.6) is 5.75 Å². The predicted molar refractivity (Wildman–Crippen MR) is 57.1 cm³/mol. The number of benzene rings is 1. The molecule has 0 aliphatic heterocycles. The van der Waals surface area contributed by atoms with Crippen molar-refractivity contribution in [2.75, 3.05) is 6.61 Å². The second-order valence-electron chi connectivity index (χ2n) is 2.78. The highest BCUT2D eigenvalue weighted by Crippen LogP contribution is 2.18. The molecule has 1 aromatic carbocycles. The van der Waals surface area contributed by atoms with Crippen molar-refractivity contribution in [3.05, 3.63) is 29.8 Å². The van der Waals surface area contributed by atoms with E-state index >= 15 is 0 Å². The molecule has 4 nitrogen and oxygen atoms in total. The average Bonchev–Trinajstić information content (AvgIpc) is 2.17. The highest BCUT2D eigenvalue weighted by Gasteiger charge is 2.00. The first-order chi connectivity index (χ1) is 6.74. The Bertz CT molecular complexity index is 319. The molecule has 0 spiro atoms. The number of hydrogen-bond donors (Lipinski definition) is 2. The standard InChI is InChI=1S/C10H15N3O/c1-2-14-9-6-4-3-5-8(9)7-13-10(11)12/h3-6H,2,7H2,1H3,(H4,11,12,13). The van der Waals surface area contributed by atoms with Gasteiger partial charge in [0.1, 0.15) is 5.75 Å². The van der Waals surface area contributed by atoms with E-state index in [9.17, 15) is 0 Å². The number of aliphatic imine (C=N–C) groups is 1. The molecule has 0 saturated carbocycles. The quantitative estimate of drug-likeness (QED) is 0.550. The average molecular weight is 193 g/mol. The van der Waals surface area contributed by atoms with Gasteiger partial charge in [-0.25, -0.2) is 4.99 Å². The van der Waals surface area contributed by atoms with Crippen LogP contribution in [0.15, 0.2) is 29.3 Å². The molecule has 1 aromatic rings. The summed E-state index contributed by atoms with van der Waals surface area (Å²) in [7, 11) is 0. The summed E-state index contributed by atoms with van der Waals surface area (Å²) in [5, 5.41) is 0. The first-order valence-electron chi connectivity index (χ1n) is 4.50. The van der Waals surface area contributed by atoms with Gasteiger partial charge in [-0.05, 0) is 13.0 Å². The number of hydrogen-bond acceptors (Lipinski definition) is 2. The molecule has 0 saturated heterocycles. The zero-order chi connectivity index (χ0) is 10.4. The van der Waals surface area contributed by atoms with Crippen molar-refractivity contribution in [3.8, 4) is 5.75 Å². The van der Waals surface area contributed by atoms with Crippen molar-refractivity contribution in [1.82, 2.24) is 0 Å². The van der Waals surface area contributed by atoms with E-state index in [-0.39, 0.29) is 5.96 Å². The highest BCUT2D eigenvalue weighted by molar-refractivity contribution is 5.75. The topological polar surface area (TPSA) is 73.6 Å². The summed E-state index contributed by atoms with van der Waals surface area (Å²) in [4.78, 5) is 3.93. The summed E-state index contributed by atoms with van der Waals surface area (Å²) in [6.07, 6.45) is 0. The van der Waals surface area contributed by atoms with E-state index in [0.29, 0.717) is 13.2 Å². The molecule has 0 aromatic heterocycles. The minimum absolute atomic E-state index is 0.0938. The summed E-state index contributed by atoms with van der Waals surface area (Å²) in [5.41, 5.74) is 11.5. The van der Waals surface area contributed by atoms with Crippen LogP contribution in [0.2, 0.25) is 0 Å². The van der Waals surface area contributed by atoms with Crippen LogP contribution < -0.4 is 16.2 Å². The maximum atomic E-state index is 5.42. The monoisotopic (exact) mass is 193 g/mol. The Labute approximate surface area is 83.6 Å². The third-order valence-corrected chi connectivity index (χ3v) is 1.70. The summed E-state index contributed by atoms with van der Waals surface area (Å²) < 4.78 is 5.42. The largest absolute Gasteiger partial charge is 0.494 e. The third kappa shape index (κ3) is 2.97. The zero-order valence-electron chi connectivity index (χ0n) is 8.23. The van der Waals surface area contributed by atoms with Crippen molar-refractivity contribution in [3.63, 3.8) is 0 Å². The van der Waals surface area contributed by atoms with Gasteiger partial charge in [0.25, 0.3) is 0 Å². The molecule has 1 rings (SSSR count). The molecule has 0 radical (unpaired) electrons. The number of rotatable bonds is 4. The minimum atomic E-state index is 0.0938. The SMILES string of the molecule is CCOc1ccccc1CN=C(N)N. The predicted octanol–water partition coefficient (Wildman–Crippen LogP) is 0.859. The van der Waals surface area contributed by atoms with E-state index in [2.05, 4.69) is 4.99 Å². The maximum absolute atomic E-state index is 5.42. The first kappa shape index (κ1) is 10.4. The zero-order valence-corrected chi connectivity index (χ0v) is 8.23. The molecule has 0 fully saturated rings. The van der Waals surface area contributed by atoms with E-state index in [1.54, 1.807) is 0 Å². The molecule has 0 bridgehead atoms. The minimum Gasteiger partial charge on any atom is -0.494 e. The smallest absolute Gasteiger partial charge is 0.186 e. The number of nitrogens with zero attached hydrogens (tertiary/aromatic N) is 1. The van der Waals surface area contributed by atoms with E-state index in [1.807, 2.05) is 31.2 Å². The Morgan fingerprint density at radius 3 is 2.71 bits per heavy atom. The Hall–Kier alpha value is -1.71. The van der Waals surface area contributed by atoms with E-state index in [4.69, 9.17) is 16.2 Å². The van der Waals surface area contributed by atoms with Crippen LogP contribution >= 0.6 is 0 Å². The molecule has 4 heteroatoms. The molecule has 0 aliphatic rings. The highest BCUT2D eigenvalue weighted by atomic mass is 16.5. The van der Waals surface area contributed by atoms with Gasteiger partial charge in [0.05, 0.1) is 13.2 Å². The molecule has 0 atom stereocenters. The van der Waals surface area contributed by atoms with Crippen LogP contribution in [0.1, 0.15) is 12.5 Å². The van der Waals surface area contributed by atoms with Crippen LogP contribution in [-0.4, -0.2) is 12.6 Å². The van der Waals surface area contributed by atoms with Crippen LogP contribution in [0.4, 0.5) is 0 Å². The van der Waals surface area contributed by atoms with Gasteiger partial charge in [0.15, 0.2) is 5.96 Å². The summed E-state index contributed by atoms with van der Waals surface area (Å²) in [6, 6.07) is 7.70. The maximum Gasteiger partial charge on any atom is 0.186 e. The van der Waals surface area contributed by atoms with Gasteiger partial charge >= 0.3 is 0 Å². The van der Waals surface area contributed by atoms with Gasteiger partial charge < -0.3 is 16.2 Å². The van der Waals surface area contributed by atoms with Crippen LogP contribution in [-0.2, 0) is 6.54 Å². The van der Waals surface area contributed by atoms with Crippen molar-refractivity contribution in [2.24, 2.45) is 16.5 Å². The summed E-state index contributed by atoms with van der Waals surface area (Å²) >= 11 is 0. The van der Waals surface area contributed by atoms with Crippen molar-refractivity contribution < 1.29 is 4.74 Å². The van der Waals surface area contributed by atoms with Gasteiger partial charge in [0.2, 0.25) is 0 Å². The van der Waals surface area contributed by atoms with Gasteiger partial charge in [-0.15, -0.1) is 0 Å². The number of para-hydroxylation sites is 1. The molecule has 0 aliphatic carbocycles. The number of guanidine groups is 1. The van der Waals surface area contributed by atoms with Crippen LogP contribution in [0.25, 0.3) is 0 Å². The molecule has 14 heavy (non-hydrogen) atoms. The third-order valence-electron chi connectivity index (χ3n) is 1.70. The van der Waals surface area contributed by atoms with Gasteiger partial charge in [-0.3, -0.25) is 0 Å². The summed E-state index contributed by atoms with van der Waals surface area (Å²) in [6.45, 7) is 3.04. The molecule has 0 heterocycles. The fourth-order valence-corrected chi connectivity index (χ4v) is 1.11. The summed E-state index contributed by atoms with van der Waals surface area (Å²) in [5.74, 6) is 0.927. The van der Waals surface area contributed by atoms with Gasteiger partial charge in [-0.1, -0.05) is 18.2 Å². The van der Waals surface area contributed by atoms with Crippen LogP contribution in [0, 0.1) is 0 Å². The molecule has 0 amide bonds. The fraction of sp³-hybridized carbons (Fsp3) is 0.300. The molecule has 0 unspecified atom stereocenters. The number of nitrogens with two attached hydrogens (primary N) is 2. The van der Waals surface area contributed by atoms with E-state index in [1.165, 1.54) is 0 Å². The van der Waals surface area contributed by atoms with Crippen LogP contribution in [0.3, 0.4) is 0 Å². The first-order valence-corrected chi connectivity index (χ1v) is 4.50. The normalized spacial score (nSPS) is 9.50. The molecular formula is C10H15N3O. The lowest BCUT2D eigenvalue weighted by molar-refractivity contribution is 0.336. The molecule has 4 N–H and O–H groups in total. The number of ether oxygens (including phenoxy) is 1. The lowest BCUT2D eigenvalue weighted by atomic mass is 10.2. The van der Waals surface area contributed by atoms with Crippen molar-refractivity contribution >= 4 is 5.96 Å². The Balaban J connectivity index is 2.79. The molecule has 76 valence electrons. The lowest BCUT2D eigenvalue weighted by Crippen LogP contribution is -2.22.